The summed E-state index contributed by atoms with van der Waals surface area (Å²) in [5.74, 6) is 0.180. The van der Waals surface area contributed by atoms with E-state index < -0.39 is 0 Å². The maximum absolute atomic E-state index is 11.8. The van der Waals surface area contributed by atoms with Crippen LogP contribution < -0.4 is 0 Å². The first kappa shape index (κ1) is 14.4. The molecule has 0 atom stereocenters. The van der Waals surface area contributed by atoms with Gasteiger partial charge in [-0.25, -0.2) is 0 Å². The lowest BCUT2D eigenvalue weighted by Crippen LogP contribution is -2.04. The van der Waals surface area contributed by atoms with Gasteiger partial charge in [-0.3, -0.25) is 9.78 Å². The number of hydrogen-bond acceptors (Lipinski definition) is 3. The third-order valence-electron chi connectivity index (χ3n) is 3.02. The Hall–Kier alpha value is -2.00. The third kappa shape index (κ3) is 4.94. The molecule has 0 saturated heterocycles. The number of pyridine rings is 1. The molecule has 0 spiro atoms. The first-order valence-electron chi connectivity index (χ1n) is 6.92. The highest BCUT2D eigenvalue weighted by Gasteiger charge is 2.04. The average molecular weight is 269 g/mol. The van der Waals surface area contributed by atoms with Crippen LogP contribution in [0.15, 0.2) is 54.7 Å². The quantitative estimate of drug-likeness (QED) is 0.545. The molecule has 0 aliphatic carbocycles. The SMILES string of the molecule is O=C(CCCOCCc1ccccn1)c1ccccc1. The molecule has 1 heterocycles. The van der Waals surface area contributed by atoms with Gasteiger partial charge < -0.3 is 4.74 Å². The Balaban J connectivity index is 1.57. The molecule has 104 valence electrons. The minimum atomic E-state index is 0.180. The molecule has 2 aromatic rings. The zero-order valence-electron chi connectivity index (χ0n) is 11.5. The summed E-state index contributed by atoms with van der Waals surface area (Å²) in [4.78, 5) is 16.1. The Kier molecular flexibility index (Phi) is 5.93. The molecule has 3 heteroatoms. The van der Waals surface area contributed by atoms with E-state index in [1.54, 1.807) is 6.20 Å². The van der Waals surface area contributed by atoms with Crippen LogP contribution in [0.5, 0.6) is 0 Å². The molecule has 0 bridgehead atoms. The summed E-state index contributed by atoms with van der Waals surface area (Å²) >= 11 is 0. The number of carbonyl (C=O) groups is 1. The van der Waals surface area contributed by atoms with Gasteiger partial charge in [0, 0.05) is 36.9 Å². The predicted molar refractivity (Wildman–Crippen MR) is 78.8 cm³/mol. The Morgan fingerprint density at radius 1 is 1.00 bits per heavy atom. The van der Waals surface area contributed by atoms with E-state index in [1.165, 1.54) is 0 Å². The van der Waals surface area contributed by atoms with Gasteiger partial charge in [0.1, 0.15) is 0 Å². The number of carbonyl (C=O) groups excluding carboxylic acids is 1. The largest absolute Gasteiger partial charge is 0.381 e. The molecule has 0 amide bonds. The maximum Gasteiger partial charge on any atom is 0.162 e. The zero-order valence-corrected chi connectivity index (χ0v) is 11.5. The monoisotopic (exact) mass is 269 g/mol. The van der Waals surface area contributed by atoms with E-state index in [-0.39, 0.29) is 5.78 Å². The molecular weight excluding hydrogens is 250 g/mol. The summed E-state index contributed by atoms with van der Waals surface area (Å²) < 4.78 is 5.53. The summed E-state index contributed by atoms with van der Waals surface area (Å²) in [7, 11) is 0. The summed E-state index contributed by atoms with van der Waals surface area (Å²) in [6.45, 7) is 1.27. The summed E-state index contributed by atoms with van der Waals surface area (Å²) in [5, 5.41) is 0. The lowest BCUT2D eigenvalue weighted by atomic mass is 10.1. The van der Waals surface area contributed by atoms with Gasteiger partial charge in [-0.05, 0) is 18.6 Å². The van der Waals surface area contributed by atoms with Gasteiger partial charge in [0.25, 0.3) is 0 Å². The number of ether oxygens (including phenoxy) is 1. The van der Waals surface area contributed by atoms with Crippen LogP contribution in [-0.4, -0.2) is 24.0 Å². The second kappa shape index (κ2) is 8.23. The topological polar surface area (TPSA) is 39.2 Å². The second-order valence-corrected chi connectivity index (χ2v) is 4.58. The highest BCUT2D eigenvalue weighted by Crippen LogP contribution is 2.05. The molecule has 0 saturated carbocycles. The van der Waals surface area contributed by atoms with Gasteiger partial charge in [0.15, 0.2) is 5.78 Å². The number of nitrogens with zero attached hydrogens (tertiary/aromatic N) is 1. The van der Waals surface area contributed by atoms with E-state index >= 15 is 0 Å². The Bertz CT molecular complexity index is 511. The van der Waals surface area contributed by atoms with Crippen LogP contribution in [0.25, 0.3) is 0 Å². The normalized spacial score (nSPS) is 10.4. The first-order chi connectivity index (χ1) is 9.86. The van der Waals surface area contributed by atoms with Crippen LogP contribution in [-0.2, 0) is 11.2 Å². The Labute approximate surface area is 119 Å². The minimum absolute atomic E-state index is 0.180. The van der Waals surface area contributed by atoms with Gasteiger partial charge in [-0.2, -0.15) is 0 Å². The summed E-state index contributed by atoms with van der Waals surface area (Å²) in [6.07, 6.45) is 3.89. The molecule has 0 fully saturated rings. The zero-order chi connectivity index (χ0) is 14.0. The number of aromatic nitrogens is 1. The third-order valence-corrected chi connectivity index (χ3v) is 3.02. The van der Waals surface area contributed by atoms with E-state index in [0.29, 0.717) is 19.6 Å². The van der Waals surface area contributed by atoms with Gasteiger partial charge in [0.05, 0.1) is 6.61 Å². The van der Waals surface area contributed by atoms with Crippen molar-refractivity contribution < 1.29 is 9.53 Å². The van der Waals surface area contributed by atoms with E-state index in [1.807, 2.05) is 48.5 Å². The predicted octanol–water partition coefficient (Wildman–Crippen LogP) is 3.30. The van der Waals surface area contributed by atoms with Gasteiger partial charge >= 0.3 is 0 Å². The first-order valence-corrected chi connectivity index (χ1v) is 6.92. The summed E-state index contributed by atoms with van der Waals surface area (Å²) in [5.41, 5.74) is 1.81. The van der Waals surface area contributed by atoms with Crippen molar-refractivity contribution in [2.75, 3.05) is 13.2 Å². The van der Waals surface area contributed by atoms with Gasteiger partial charge in [-0.15, -0.1) is 0 Å². The lowest BCUT2D eigenvalue weighted by molar-refractivity contribution is 0.0939. The van der Waals surface area contributed by atoms with Gasteiger partial charge in [0.2, 0.25) is 0 Å². The molecule has 0 radical (unpaired) electrons. The van der Waals surface area contributed by atoms with Crippen LogP contribution in [0.2, 0.25) is 0 Å². The van der Waals surface area contributed by atoms with Crippen LogP contribution in [0.1, 0.15) is 28.9 Å². The van der Waals surface area contributed by atoms with E-state index in [2.05, 4.69) is 4.98 Å². The second-order valence-electron chi connectivity index (χ2n) is 4.58. The highest BCUT2D eigenvalue weighted by molar-refractivity contribution is 5.95. The van der Waals surface area contributed by atoms with E-state index in [4.69, 9.17) is 4.74 Å². The van der Waals surface area contributed by atoms with Crippen LogP contribution in [0, 0.1) is 0 Å². The fourth-order valence-corrected chi connectivity index (χ4v) is 1.93. The number of Topliss-reactive ketones (excluding diaryl/α,β-unsaturated/α-hetero) is 1. The van der Waals surface area contributed by atoms with Crippen LogP contribution >= 0.6 is 0 Å². The van der Waals surface area contributed by atoms with Crippen molar-refractivity contribution in [1.29, 1.82) is 0 Å². The smallest absolute Gasteiger partial charge is 0.162 e. The van der Waals surface area contributed by atoms with Crippen molar-refractivity contribution in [2.45, 2.75) is 19.3 Å². The van der Waals surface area contributed by atoms with Crippen molar-refractivity contribution in [3.05, 3.63) is 66.0 Å². The molecule has 0 aliphatic heterocycles. The molecule has 0 aliphatic rings. The fraction of sp³-hybridized carbons (Fsp3) is 0.294. The Morgan fingerprint density at radius 3 is 2.55 bits per heavy atom. The van der Waals surface area contributed by atoms with Crippen LogP contribution in [0.4, 0.5) is 0 Å². The number of ketones is 1. The fourth-order valence-electron chi connectivity index (χ4n) is 1.93. The van der Waals surface area contributed by atoms with Gasteiger partial charge in [-0.1, -0.05) is 36.4 Å². The molecule has 20 heavy (non-hydrogen) atoms. The van der Waals surface area contributed by atoms with E-state index in [0.717, 1.165) is 24.1 Å². The molecule has 2 rings (SSSR count). The molecule has 1 aromatic carbocycles. The van der Waals surface area contributed by atoms with Crippen molar-refractivity contribution in [3.63, 3.8) is 0 Å². The molecule has 1 aromatic heterocycles. The maximum atomic E-state index is 11.8. The number of benzene rings is 1. The average Bonchev–Trinajstić information content (AvgIpc) is 2.52. The molecule has 0 unspecified atom stereocenters. The van der Waals surface area contributed by atoms with Crippen molar-refractivity contribution >= 4 is 5.78 Å². The van der Waals surface area contributed by atoms with Crippen LogP contribution in [0.3, 0.4) is 0 Å². The summed E-state index contributed by atoms with van der Waals surface area (Å²) in [6, 6.07) is 15.3. The minimum Gasteiger partial charge on any atom is -0.381 e. The number of rotatable bonds is 8. The van der Waals surface area contributed by atoms with Crippen molar-refractivity contribution in [3.8, 4) is 0 Å². The van der Waals surface area contributed by atoms with E-state index in [9.17, 15) is 4.79 Å². The molecular formula is C17H19NO2. The number of hydrogen-bond donors (Lipinski definition) is 0. The molecule has 3 nitrogen and oxygen atoms in total. The van der Waals surface area contributed by atoms with Crippen molar-refractivity contribution in [1.82, 2.24) is 4.98 Å². The Morgan fingerprint density at radius 2 is 1.80 bits per heavy atom. The molecule has 0 N–H and O–H groups in total. The van der Waals surface area contributed by atoms with Crippen molar-refractivity contribution in [2.24, 2.45) is 0 Å². The standard InChI is InChI=1S/C17H19NO2/c19-17(15-7-2-1-3-8-15)10-6-13-20-14-11-16-9-4-5-12-18-16/h1-5,7-9,12H,6,10-11,13-14H2. The highest BCUT2D eigenvalue weighted by atomic mass is 16.5. The lowest BCUT2D eigenvalue weighted by Gasteiger charge is -2.04.